The minimum atomic E-state index is 0.476. The van der Waals surface area contributed by atoms with Crippen molar-refractivity contribution in [3.8, 4) is 0 Å². The second-order valence-electron chi connectivity index (χ2n) is 4.54. The number of anilines is 1. The van der Waals surface area contributed by atoms with E-state index in [1.165, 1.54) is 17.7 Å². The molecule has 0 fully saturated rings. The minimum absolute atomic E-state index is 0.476. The van der Waals surface area contributed by atoms with Crippen LogP contribution in [-0.4, -0.2) is 17.3 Å². The molecule has 4 heteroatoms. The fraction of sp³-hybridized carbons (Fsp3) is 0.533. The van der Waals surface area contributed by atoms with E-state index in [-0.39, 0.29) is 0 Å². The predicted octanol–water partition coefficient (Wildman–Crippen LogP) is 4.28. The van der Waals surface area contributed by atoms with Gasteiger partial charge in [-0.1, -0.05) is 51.9 Å². The topological polar surface area (TPSA) is 38.0 Å². The maximum Gasteiger partial charge on any atom is 0.107 e. The van der Waals surface area contributed by atoms with Crippen LogP contribution in [0.15, 0.2) is 23.1 Å². The van der Waals surface area contributed by atoms with Gasteiger partial charge in [-0.25, -0.2) is 0 Å². The number of thiocarbonyl (C=S) groups is 1. The molecular weight excluding hydrogens is 272 g/mol. The zero-order valence-electron chi connectivity index (χ0n) is 12.0. The first-order chi connectivity index (χ1) is 9.13. The number of nitrogens with one attached hydrogen (secondary N) is 1. The third-order valence-corrected chi connectivity index (χ3v) is 4.45. The van der Waals surface area contributed by atoms with Crippen LogP contribution in [0.3, 0.4) is 0 Å². The summed E-state index contributed by atoms with van der Waals surface area (Å²) in [5, 5.41) is 3.51. The van der Waals surface area contributed by atoms with Crippen LogP contribution in [0.25, 0.3) is 0 Å². The van der Waals surface area contributed by atoms with Crippen molar-refractivity contribution in [2.75, 3.05) is 17.6 Å². The van der Waals surface area contributed by atoms with E-state index in [9.17, 15) is 0 Å². The Bertz CT molecular complexity index is 415. The van der Waals surface area contributed by atoms with Crippen molar-refractivity contribution >= 4 is 34.7 Å². The molecule has 106 valence electrons. The van der Waals surface area contributed by atoms with Crippen molar-refractivity contribution in [2.45, 2.75) is 38.5 Å². The molecule has 0 aromatic heterocycles. The molecule has 3 N–H and O–H groups in total. The Kier molecular flexibility index (Phi) is 7.24. The molecule has 19 heavy (non-hydrogen) atoms. The summed E-state index contributed by atoms with van der Waals surface area (Å²) in [5.74, 6) is 1.72. The van der Waals surface area contributed by atoms with E-state index in [0.29, 0.717) is 10.9 Å². The standard InChI is InChI=1S/C15H24N2S2/c1-4-11(5-2)10-17-12-8-7-9-13(19-6-3)14(12)15(16)18/h7-9,11,17H,4-6,10H2,1-3H3,(H2,16,18). The van der Waals surface area contributed by atoms with Crippen LogP contribution < -0.4 is 11.1 Å². The van der Waals surface area contributed by atoms with Gasteiger partial charge in [-0.15, -0.1) is 11.8 Å². The number of hydrogen-bond acceptors (Lipinski definition) is 3. The Morgan fingerprint density at radius 1 is 1.32 bits per heavy atom. The highest BCUT2D eigenvalue weighted by atomic mass is 32.2. The largest absolute Gasteiger partial charge is 0.389 e. The third kappa shape index (κ3) is 4.69. The van der Waals surface area contributed by atoms with Crippen molar-refractivity contribution in [2.24, 2.45) is 11.7 Å². The first kappa shape index (κ1) is 16.3. The monoisotopic (exact) mass is 296 g/mol. The highest BCUT2D eigenvalue weighted by Gasteiger charge is 2.12. The third-order valence-electron chi connectivity index (χ3n) is 3.31. The van der Waals surface area contributed by atoms with Gasteiger partial charge >= 0.3 is 0 Å². The lowest BCUT2D eigenvalue weighted by atomic mass is 10.0. The van der Waals surface area contributed by atoms with Gasteiger partial charge in [-0.3, -0.25) is 0 Å². The van der Waals surface area contributed by atoms with Crippen molar-refractivity contribution < 1.29 is 0 Å². The normalized spacial score (nSPS) is 10.7. The van der Waals surface area contributed by atoms with Crippen LogP contribution in [0.4, 0.5) is 5.69 Å². The molecular formula is C15H24N2S2. The summed E-state index contributed by atoms with van der Waals surface area (Å²) in [4.78, 5) is 1.65. The molecule has 0 heterocycles. The average Bonchev–Trinajstić information content (AvgIpc) is 2.40. The summed E-state index contributed by atoms with van der Waals surface area (Å²) in [6, 6.07) is 6.22. The van der Waals surface area contributed by atoms with Gasteiger partial charge in [0.2, 0.25) is 0 Å². The van der Waals surface area contributed by atoms with Crippen LogP contribution in [0.1, 0.15) is 39.2 Å². The van der Waals surface area contributed by atoms with Crippen molar-refractivity contribution in [1.29, 1.82) is 0 Å². The van der Waals surface area contributed by atoms with E-state index in [2.05, 4.69) is 44.3 Å². The van der Waals surface area contributed by atoms with E-state index >= 15 is 0 Å². The van der Waals surface area contributed by atoms with Crippen molar-refractivity contribution in [1.82, 2.24) is 0 Å². The molecule has 0 radical (unpaired) electrons. The van der Waals surface area contributed by atoms with Crippen molar-refractivity contribution in [3.05, 3.63) is 23.8 Å². The van der Waals surface area contributed by atoms with Gasteiger partial charge in [0.15, 0.2) is 0 Å². The molecule has 0 aliphatic heterocycles. The Morgan fingerprint density at radius 3 is 2.53 bits per heavy atom. The molecule has 0 spiro atoms. The van der Waals surface area contributed by atoms with Gasteiger partial charge < -0.3 is 11.1 Å². The lowest BCUT2D eigenvalue weighted by Gasteiger charge is -2.18. The molecule has 1 aromatic rings. The second-order valence-corrected chi connectivity index (χ2v) is 6.29. The summed E-state index contributed by atoms with van der Waals surface area (Å²) in [7, 11) is 0. The molecule has 0 unspecified atom stereocenters. The summed E-state index contributed by atoms with van der Waals surface area (Å²) >= 11 is 7.00. The number of rotatable bonds is 8. The van der Waals surface area contributed by atoms with E-state index in [1.54, 1.807) is 11.8 Å². The van der Waals surface area contributed by atoms with Crippen LogP contribution in [0.5, 0.6) is 0 Å². The molecule has 1 aromatic carbocycles. The van der Waals surface area contributed by atoms with E-state index in [1.807, 2.05) is 0 Å². The number of benzene rings is 1. The van der Waals surface area contributed by atoms with Crippen LogP contribution in [0, 0.1) is 5.92 Å². The smallest absolute Gasteiger partial charge is 0.107 e. The fourth-order valence-electron chi connectivity index (χ4n) is 2.04. The number of nitrogens with two attached hydrogens (primary N) is 1. The Hall–Kier alpha value is -0.740. The molecule has 0 saturated heterocycles. The number of hydrogen-bond donors (Lipinski definition) is 2. The van der Waals surface area contributed by atoms with Gasteiger partial charge in [-0.2, -0.15) is 0 Å². The van der Waals surface area contributed by atoms with Gasteiger partial charge in [0.25, 0.3) is 0 Å². The quantitative estimate of drug-likeness (QED) is 0.554. The Balaban J connectivity index is 2.93. The molecule has 1 rings (SSSR count). The first-order valence-corrected chi connectivity index (χ1v) is 8.32. The summed E-state index contributed by atoms with van der Waals surface area (Å²) in [5.41, 5.74) is 7.96. The van der Waals surface area contributed by atoms with Gasteiger partial charge in [0, 0.05) is 22.7 Å². The van der Waals surface area contributed by atoms with Crippen molar-refractivity contribution in [3.63, 3.8) is 0 Å². The zero-order valence-corrected chi connectivity index (χ0v) is 13.7. The highest BCUT2D eigenvalue weighted by Crippen LogP contribution is 2.28. The number of thioether (sulfide) groups is 1. The molecule has 0 saturated carbocycles. The fourth-order valence-corrected chi connectivity index (χ4v) is 3.17. The maximum absolute atomic E-state index is 5.90. The van der Waals surface area contributed by atoms with E-state index in [0.717, 1.165) is 23.5 Å². The summed E-state index contributed by atoms with van der Waals surface area (Å²) < 4.78 is 0. The van der Waals surface area contributed by atoms with E-state index in [4.69, 9.17) is 18.0 Å². The van der Waals surface area contributed by atoms with Crippen LogP contribution in [0.2, 0.25) is 0 Å². The molecule has 0 atom stereocenters. The van der Waals surface area contributed by atoms with Gasteiger partial charge in [-0.05, 0) is 23.8 Å². The minimum Gasteiger partial charge on any atom is -0.389 e. The Morgan fingerprint density at radius 2 is 2.00 bits per heavy atom. The summed E-state index contributed by atoms with van der Waals surface area (Å²) in [6.07, 6.45) is 2.38. The Labute approximate surface area is 126 Å². The molecule has 0 bridgehead atoms. The first-order valence-electron chi connectivity index (χ1n) is 6.93. The predicted molar refractivity (Wildman–Crippen MR) is 91.3 cm³/mol. The van der Waals surface area contributed by atoms with Gasteiger partial charge in [0.1, 0.15) is 4.99 Å². The van der Waals surface area contributed by atoms with Gasteiger partial charge in [0.05, 0.1) is 0 Å². The van der Waals surface area contributed by atoms with Crippen LogP contribution >= 0.6 is 24.0 Å². The average molecular weight is 297 g/mol. The molecule has 0 aliphatic rings. The molecule has 0 aliphatic carbocycles. The highest BCUT2D eigenvalue weighted by molar-refractivity contribution is 7.99. The zero-order chi connectivity index (χ0) is 14.3. The molecule has 2 nitrogen and oxygen atoms in total. The SMILES string of the molecule is CCSc1cccc(NCC(CC)CC)c1C(N)=S. The molecule has 0 amide bonds. The second kappa shape index (κ2) is 8.43. The summed E-state index contributed by atoms with van der Waals surface area (Å²) in [6.45, 7) is 7.57. The van der Waals surface area contributed by atoms with E-state index < -0.39 is 0 Å². The lowest BCUT2D eigenvalue weighted by Crippen LogP contribution is -2.18. The maximum atomic E-state index is 5.90. The van der Waals surface area contributed by atoms with Crippen LogP contribution in [-0.2, 0) is 0 Å². The lowest BCUT2D eigenvalue weighted by molar-refractivity contribution is 0.519.